The first-order chi connectivity index (χ1) is 8.24. The van der Waals surface area contributed by atoms with Crippen molar-refractivity contribution in [3.05, 3.63) is 33.8 Å². The van der Waals surface area contributed by atoms with Crippen LogP contribution in [0, 0.1) is 16.7 Å². The van der Waals surface area contributed by atoms with E-state index in [9.17, 15) is 10.1 Å². The number of nitrogens with zero attached hydrogens (tertiary/aromatic N) is 1. The zero-order chi connectivity index (χ0) is 13.9. The first-order valence-corrected chi connectivity index (χ1v) is 6.37. The molecule has 0 N–H and O–H groups in total. The second kappa shape index (κ2) is 5.73. The number of hydrogen-bond acceptors (Lipinski definition) is 2. The Balaban J connectivity index is 3.04. The second-order valence-corrected chi connectivity index (χ2v) is 6.28. The Morgan fingerprint density at radius 1 is 1.39 bits per heavy atom. The van der Waals surface area contributed by atoms with Gasteiger partial charge in [0.05, 0.1) is 6.07 Å². The van der Waals surface area contributed by atoms with Crippen molar-refractivity contribution < 1.29 is 4.79 Å². The van der Waals surface area contributed by atoms with E-state index < -0.39 is 5.92 Å². The number of benzene rings is 1. The molecule has 1 atom stereocenters. The summed E-state index contributed by atoms with van der Waals surface area (Å²) in [4.78, 5) is 12.1. The van der Waals surface area contributed by atoms with Gasteiger partial charge in [-0.25, -0.2) is 0 Å². The number of halogens is 2. The Morgan fingerprint density at radius 2 is 2.00 bits per heavy atom. The minimum absolute atomic E-state index is 0.116. The predicted molar refractivity (Wildman–Crippen MR) is 73.9 cm³/mol. The molecule has 0 aliphatic rings. The minimum atomic E-state index is -0.825. The Kier molecular flexibility index (Phi) is 4.78. The summed E-state index contributed by atoms with van der Waals surface area (Å²) in [6.07, 6.45) is 0.337. The maximum Gasteiger partial charge on any atom is 0.155 e. The van der Waals surface area contributed by atoms with Crippen molar-refractivity contribution in [3.63, 3.8) is 0 Å². The quantitative estimate of drug-likeness (QED) is 0.813. The van der Waals surface area contributed by atoms with Crippen LogP contribution >= 0.6 is 23.2 Å². The highest BCUT2D eigenvalue weighted by Crippen LogP contribution is 2.31. The topological polar surface area (TPSA) is 40.9 Å². The molecule has 0 aliphatic carbocycles. The molecule has 0 saturated heterocycles. The summed E-state index contributed by atoms with van der Waals surface area (Å²) in [5.74, 6) is -0.941. The van der Waals surface area contributed by atoms with Gasteiger partial charge in [0.25, 0.3) is 0 Å². The van der Waals surface area contributed by atoms with Crippen molar-refractivity contribution in [3.8, 4) is 6.07 Å². The van der Waals surface area contributed by atoms with Crippen LogP contribution in [0.3, 0.4) is 0 Å². The van der Waals surface area contributed by atoms with E-state index in [-0.39, 0.29) is 11.2 Å². The van der Waals surface area contributed by atoms with Crippen LogP contribution in [-0.2, 0) is 4.79 Å². The van der Waals surface area contributed by atoms with Gasteiger partial charge in [0.1, 0.15) is 5.92 Å². The minimum Gasteiger partial charge on any atom is -0.298 e. The van der Waals surface area contributed by atoms with E-state index >= 15 is 0 Å². The van der Waals surface area contributed by atoms with E-state index in [1.807, 2.05) is 26.8 Å². The van der Waals surface area contributed by atoms with Gasteiger partial charge in [-0.05, 0) is 23.1 Å². The fourth-order valence-electron chi connectivity index (χ4n) is 1.68. The molecule has 0 spiro atoms. The Hall–Kier alpha value is -1.04. The van der Waals surface area contributed by atoms with Crippen LogP contribution in [0.25, 0.3) is 0 Å². The molecule has 1 unspecified atom stereocenters. The van der Waals surface area contributed by atoms with Crippen molar-refractivity contribution in [2.24, 2.45) is 5.41 Å². The highest BCUT2D eigenvalue weighted by atomic mass is 35.5. The predicted octanol–water partition coefficient (Wildman–Crippen LogP) is 4.61. The zero-order valence-corrected chi connectivity index (χ0v) is 12.1. The number of nitriles is 1. The Bertz CT molecular complexity index is 497. The molecule has 4 heteroatoms. The summed E-state index contributed by atoms with van der Waals surface area (Å²) in [6, 6.07) is 6.85. The van der Waals surface area contributed by atoms with E-state index in [0.717, 1.165) is 0 Å². The number of Topliss-reactive ketones (excluding diaryl/α,β-unsaturated/α-hetero) is 1. The molecule has 96 valence electrons. The molecule has 1 aromatic rings. The van der Waals surface area contributed by atoms with E-state index in [1.54, 1.807) is 18.2 Å². The van der Waals surface area contributed by atoms with Crippen molar-refractivity contribution in [1.29, 1.82) is 5.26 Å². The largest absolute Gasteiger partial charge is 0.298 e. The second-order valence-electron chi connectivity index (χ2n) is 5.43. The van der Waals surface area contributed by atoms with Crippen LogP contribution in [0.15, 0.2) is 18.2 Å². The summed E-state index contributed by atoms with van der Waals surface area (Å²) in [7, 11) is 0. The van der Waals surface area contributed by atoms with Gasteiger partial charge in [-0.3, -0.25) is 4.79 Å². The van der Waals surface area contributed by atoms with Gasteiger partial charge >= 0.3 is 0 Å². The monoisotopic (exact) mass is 283 g/mol. The molecule has 18 heavy (non-hydrogen) atoms. The van der Waals surface area contributed by atoms with Crippen LogP contribution in [0.5, 0.6) is 0 Å². The normalized spacial score (nSPS) is 12.9. The molecule has 0 radical (unpaired) electrons. The van der Waals surface area contributed by atoms with Gasteiger partial charge in [-0.2, -0.15) is 5.26 Å². The van der Waals surface area contributed by atoms with Gasteiger partial charge in [-0.1, -0.05) is 50.0 Å². The molecule has 1 rings (SSSR count). The van der Waals surface area contributed by atoms with Crippen LogP contribution in [0.2, 0.25) is 10.0 Å². The third kappa shape index (κ3) is 4.01. The summed E-state index contributed by atoms with van der Waals surface area (Å²) in [5.41, 5.74) is 0.378. The average molecular weight is 284 g/mol. The van der Waals surface area contributed by atoms with Crippen LogP contribution in [0.4, 0.5) is 0 Å². The standard InChI is InChI=1S/C14H15Cl2NO/c1-14(2,3)7-13(18)11(8-17)10-5-4-9(15)6-12(10)16/h4-6,11H,7H2,1-3H3. The van der Waals surface area contributed by atoms with Crippen LogP contribution in [-0.4, -0.2) is 5.78 Å². The zero-order valence-electron chi connectivity index (χ0n) is 10.6. The molecule has 0 aliphatic heterocycles. The van der Waals surface area contributed by atoms with Gasteiger partial charge in [0.2, 0.25) is 0 Å². The van der Waals surface area contributed by atoms with Crippen molar-refractivity contribution >= 4 is 29.0 Å². The SMILES string of the molecule is CC(C)(C)CC(=O)C(C#N)c1ccc(Cl)cc1Cl. The average Bonchev–Trinajstić information content (AvgIpc) is 2.19. The summed E-state index contributed by atoms with van der Waals surface area (Å²) in [6.45, 7) is 5.88. The smallest absolute Gasteiger partial charge is 0.155 e. The Morgan fingerprint density at radius 3 is 2.44 bits per heavy atom. The fraction of sp³-hybridized carbons (Fsp3) is 0.429. The lowest BCUT2D eigenvalue weighted by Crippen LogP contribution is -2.19. The lowest BCUT2D eigenvalue weighted by molar-refractivity contribution is -0.121. The summed E-state index contributed by atoms with van der Waals surface area (Å²) < 4.78 is 0. The van der Waals surface area contributed by atoms with Gasteiger partial charge in [0, 0.05) is 16.5 Å². The maximum absolute atomic E-state index is 12.1. The molecule has 0 aromatic heterocycles. The molecular weight excluding hydrogens is 269 g/mol. The number of rotatable bonds is 3. The molecule has 0 bridgehead atoms. The van der Waals surface area contributed by atoms with Gasteiger partial charge in [0.15, 0.2) is 5.78 Å². The lowest BCUT2D eigenvalue weighted by Gasteiger charge is -2.19. The maximum atomic E-state index is 12.1. The molecule has 0 saturated carbocycles. The summed E-state index contributed by atoms with van der Waals surface area (Å²) in [5, 5.41) is 10.0. The number of carbonyl (C=O) groups is 1. The Labute approximate surface area is 118 Å². The van der Waals surface area contributed by atoms with Crippen molar-refractivity contribution in [2.75, 3.05) is 0 Å². The van der Waals surface area contributed by atoms with Crippen LogP contribution < -0.4 is 0 Å². The number of hydrogen-bond donors (Lipinski definition) is 0. The first-order valence-electron chi connectivity index (χ1n) is 5.62. The molecule has 0 amide bonds. The van der Waals surface area contributed by atoms with E-state index in [0.29, 0.717) is 22.0 Å². The van der Waals surface area contributed by atoms with E-state index in [1.165, 1.54) is 0 Å². The molecule has 0 heterocycles. The van der Waals surface area contributed by atoms with Crippen LogP contribution in [0.1, 0.15) is 38.7 Å². The third-order valence-corrected chi connectivity index (χ3v) is 2.99. The van der Waals surface area contributed by atoms with Gasteiger partial charge < -0.3 is 0 Å². The number of carbonyl (C=O) groups excluding carboxylic acids is 1. The fourth-order valence-corrected chi connectivity index (χ4v) is 2.19. The highest BCUT2D eigenvalue weighted by Gasteiger charge is 2.26. The molecule has 0 fully saturated rings. The van der Waals surface area contributed by atoms with Gasteiger partial charge in [-0.15, -0.1) is 0 Å². The molecule has 2 nitrogen and oxygen atoms in total. The molecular formula is C14H15Cl2NO. The first kappa shape index (κ1) is 15.0. The third-order valence-electron chi connectivity index (χ3n) is 2.43. The van der Waals surface area contributed by atoms with E-state index in [2.05, 4.69) is 0 Å². The molecule has 1 aromatic carbocycles. The summed E-state index contributed by atoms with van der Waals surface area (Å²) >= 11 is 11.8. The van der Waals surface area contributed by atoms with Crippen molar-refractivity contribution in [2.45, 2.75) is 33.1 Å². The number of ketones is 1. The van der Waals surface area contributed by atoms with Crippen molar-refractivity contribution in [1.82, 2.24) is 0 Å². The highest BCUT2D eigenvalue weighted by molar-refractivity contribution is 6.35. The van der Waals surface area contributed by atoms with E-state index in [4.69, 9.17) is 23.2 Å². The lowest BCUT2D eigenvalue weighted by atomic mass is 9.84.